The second kappa shape index (κ2) is 7.35. The third kappa shape index (κ3) is 5.08. The molecule has 1 rings (SSSR count). The van der Waals surface area contributed by atoms with Crippen LogP contribution in [0.25, 0.3) is 0 Å². The first-order valence-electron chi connectivity index (χ1n) is 5.42. The topological polar surface area (TPSA) is 66.4 Å². The van der Waals surface area contributed by atoms with Crippen molar-refractivity contribution in [3.05, 3.63) is 34.6 Å². The number of halogens is 2. The fraction of sp³-hybridized carbons (Fsp3) is 0.333. The number of hydrogen-bond acceptors (Lipinski definition) is 3. The second-order valence-electron chi connectivity index (χ2n) is 3.81. The molecule has 1 aromatic carbocycles. The van der Waals surface area contributed by atoms with Crippen LogP contribution >= 0.6 is 23.4 Å². The minimum atomic E-state index is -1.12. The lowest BCUT2D eigenvalue weighted by Gasteiger charge is -2.13. The van der Waals surface area contributed by atoms with Crippen LogP contribution in [0.5, 0.6) is 0 Å². The Labute approximate surface area is 119 Å². The maximum atomic E-state index is 13.5. The first kappa shape index (κ1) is 15.8. The summed E-state index contributed by atoms with van der Waals surface area (Å²) in [6.07, 6.45) is 0. The van der Waals surface area contributed by atoms with Crippen molar-refractivity contribution in [2.45, 2.75) is 18.7 Å². The summed E-state index contributed by atoms with van der Waals surface area (Å²) in [5.41, 5.74) is 0.334. The van der Waals surface area contributed by atoms with E-state index in [1.807, 2.05) is 0 Å². The van der Waals surface area contributed by atoms with Crippen LogP contribution in [0.4, 0.5) is 4.39 Å². The summed E-state index contributed by atoms with van der Waals surface area (Å²) in [7, 11) is 0. The van der Waals surface area contributed by atoms with Crippen molar-refractivity contribution >= 4 is 35.2 Å². The van der Waals surface area contributed by atoms with Gasteiger partial charge < -0.3 is 10.4 Å². The van der Waals surface area contributed by atoms with Gasteiger partial charge in [0.2, 0.25) is 5.91 Å². The Hall–Kier alpha value is -1.27. The van der Waals surface area contributed by atoms with Gasteiger partial charge in [-0.2, -0.15) is 11.8 Å². The SMILES string of the molecule is CC(=O)N[C@@H](CSCc1c(F)cccc1Cl)C(=O)O. The Morgan fingerprint density at radius 1 is 1.53 bits per heavy atom. The molecule has 0 saturated heterocycles. The quantitative estimate of drug-likeness (QED) is 0.846. The molecule has 2 N–H and O–H groups in total. The normalized spacial score (nSPS) is 11.9. The Kier molecular flexibility index (Phi) is 6.11. The lowest BCUT2D eigenvalue weighted by Crippen LogP contribution is -2.41. The van der Waals surface area contributed by atoms with Gasteiger partial charge in [0, 0.05) is 29.0 Å². The predicted octanol–water partition coefficient (Wildman–Crippen LogP) is 2.30. The van der Waals surface area contributed by atoms with Crippen LogP contribution in [0, 0.1) is 5.82 Å². The fourth-order valence-corrected chi connectivity index (χ4v) is 2.76. The Morgan fingerprint density at radius 2 is 2.21 bits per heavy atom. The summed E-state index contributed by atoms with van der Waals surface area (Å²) in [5.74, 6) is -1.58. The molecule has 0 radical (unpaired) electrons. The van der Waals surface area contributed by atoms with E-state index in [9.17, 15) is 14.0 Å². The minimum absolute atomic E-state index is 0.138. The minimum Gasteiger partial charge on any atom is -0.480 e. The zero-order chi connectivity index (χ0) is 14.4. The summed E-state index contributed by atoms with van der Waals surface area (Å²) in [5, 5.41) is 11.5. The van der Waals surface area contributed by atoms with Crippen molar-refractivity contribution in [1.82, 2.24) is 5.32 Å². The monoisotopic (exact) mass is 305 g/mol. The van der Waals surface area contributed by atoms with E-state index in [2.05, 4.69) is 5.32 Å². The van der Waals surface area contributed by atoms with Gasteiger partial charge in [0.05, 0.1) is 0 Å². The van der Waals surface area contributed by atoms with E-state index in [0.29, 0.717) is 10.6 Å². The summed E-state index contributed by atoms with van der Waals surface area (Å²) in [4.78, 5) is 21.7. The van der Waals surface area contributed by atoms with Crippen LogP contribution in [0.3, 0.4) is 0 Å². The van der Waals surface area contributed by atoms with Crippen molar-refractivity contribution in [3.8, 4) is 0 Å². The molecule has 0 unspecified atom stereocenters. The van der Waals surface area contributed by atoms with E-state index in [-0.39, 0.29) is 11.5 Å². The number of carbonyl (C=O) groups excluding carboxylic acids is 1. The highest BCUT2D eigenvalue weighted by atomic mass is 35.5. The molecule has 0 aliphatic heterocycles. The van der Waals surface area contributed by atoms with Gasteiger partial charge >= 0.3 is 5.97 Å². The van der Waals surface area contributed by atoms with Gasteiger partial charge in [-0.05, 0) is 12.1 Å². The summed E-state index contributed by atoms with van der Waals surface area (Å²) < 4.78 is 13.5. The number of aliphatic carboxylic acids is 1. The first-order chi connectivity index (χ1) is 8.91. The van der Waals surface area contributed by atoms with Crippen LogP contribution in [0.2, 0.25) is 5.02 Å². The van der Waals surface area contributed by atoms with Crippen LogP contribution in [0.15, 0.2) is 18.2 Å². The number of nitrogens with one attached hydrogen (secondary N) is 1. The predicted molar refractivity (Wildman–Crippen MR) is 72.8 cm³/mol. The average molecular weight is 306 g/mol. The lowest BCUT2D eigenvalue weighted by molar-refractivity contribution is -0.140. The molecular formula is C12H13ClFNO3S. The highest BCUT2D eigenvalue weighted by molar-refractivity contribution is 7.98. The average Bonchev–Trinajstić information content (AvgIpc) is 2.30. The van der Waals surface area contributed by atoms with Gasteiger partial charge in [-0.15, -0.1) is 0 Å². The van der Waals surface area contributed by atoms with Crippen LogP contribution in [-0.2, 0) is 15.3 Å². The number of carbonyl (C=O) groups is 2. The standard InChI is InChI=1S/C12H13ClFNO3S/c1-7(16)15-11(12(17)18)6-19-5-8-9(13)3-2-4-10(8)14/h2-4,11H,5-6H2,1H3,(H,15,16)(H,17,18)/t11-/m0/s1. The van der Waals surface area contributed by atoms with Gasteiger partial charge in [0.25, 0.3) is 0 Å². The van der Waals surface area contributed by atoms with Gasteiger partial charge in [-0.25, -0.2) is 9.18 Å². The lowest BCUT2D eigenvalue weighted by atomic mass is 10.2. The van der Waals surface area contributed by atoms with Crippen LogP contribution in [0.1, 0.15) is 12.5 Å². The molecule has 104 valence electrons. The molecular weight excluding hydrogens is 293 g/mol. The van der Waals surface area contributed by atoms with Crippen molar-refractivity contribution < 1.29 is 19.1 Å². The number of rotatable bonds is 6. The molecule has 0 fully saturated rings. The largest absolute Gasteiger partial charge is 0.480 e. The van der Waals surface area contributed by atoms with E-state index in [1.54, 1.807) is 6.07 Å². The van der Waals surface area contributed by atoms with Crippen LogP contribution in [-0.4, -0.2) is 28.8 Å². The van der Waals surface area contributed by atoms with E-state index in [0.717, 1.165) is 0 Å². The first-order valence-corrected chi connectivity index (χ1v) is 6.95. The molecule has 0 spiro atoms. The highest BCUT2D eigenvalue weighted by Gasteiger charge is 2.18. The summed E-state index contributed by atoms with van der Waals surface area (Å²) in [6.45, 7) is 1.24. The van der Waals surface area contributed by atoms with E-state index in [1.165, 1.54) is 30.8 Å². The van der Waals surface area contributed by atoms with Crippen molar-refractivity contribution in [3.63, 3.8) is 0 Å². The molecule has 0 aromatic heterocycles. The molecule has 19 heavy (non-hydrogen) atoms. The number of hydrogen-bond donors (Lipinski definition) is 2. The van der Waals surface area contributed by atoms with E-state index in [4.69, 9.17) is 16.7 Å². The molecule has 0 aliphatic rings. The zero-order valence-electron chi connectivity index (χ0n) is 10.2. The summed E-state index contributed by atoms with van der Waals surface area (Å²) in [6, 6.07) is 3.38. The summed E-state index contributed by atoms with van der Waals surface area (Å²) >= 11 is 7.05. The van der Waals surface area contributed by atoms with Crippen LogP contribution < -0.4 is 5.32 Å². The van der Waals surface area contributed by atoms with Crippen molar-refractivity contribution in [2.75, 3.05) is 5.75 Å². The molecule has 4 nitrogen and oxygen atoms in total. The second-order valence-corrected chi connectivity index (χ2v) is 5.24. The number of carboxylic acid groups (broad SMARTS) is 1. The number of benzene rings is 1. The molecule has 7 heteroatoms. The molecule has 0 bridgehead atoms. The maximum absolute atomic E-state index is 13.5. The molecule has 1 atom stereocenters. The van der Waals surface area contributed by atoms with Gasteiger partial charge in [-0.3, -0.25) is 4.79 Å². The smallest absolute Gasteiger partial charge is 0.327 e. The zero-order valence-corrected chi connectivity index (χ0v) is 11.7. The van der Waals surface area contributed by atoms with E-state index >= 15 is 0 Å². The Balaban J connectivity index is 2.57. The third-order valence-electron chi connectivity index (χ3n) is 2.27. The van der Waals surface area contributed by atoms with Gasteiger partial charge in [-0.1, -0.05) is 17.7 Å². The highest BCUT2D eigenvalue weighted by Crippen LogP contribution is 2.24. The van der Waals surface area contributed by atoms with Gasteiger partial charge in [0.1, 0.15) is 11.9 Å². The number of carboxylic acids is 1. The Bertz CT molecular complexity index is 464. The number of amides is 1. The van der Waals surface area contributed by atoms with Crippen molar-refractivity contribution in [1.29, 1.82) is 0 Å². The molecule has 0 heterocycles. The van der Waals surface area contributed by atoms with E-state index < -0.39 is 23.7 Å². The third-order valence-corrected chi connectivity index (χ3v) is 3.68. The van der Waals surface area contributed by atoms with Crippen molar-refractivity contribution in [2.24, 2.45) is 0 Å². The molecule has 1 amide bonds. The number of thioether (sulfide) groups is 1. The molecule has 1 aromatic rings. The van der Waals surface area contributed by atoms with Gasteiger partial charge in [0.15, 0.2) is 0 Å². The Morgan fingerprint density at radius 3 is 2.74 bits per heavy atom. The fourth-order valence-electron chi connectivity index (χ4n) is 1.37. The molecule has 0 saturated carbocycles. The maximum Gasteiger partial charge on any atom is 0.327 e. The molecule has 0 aliphatic carbocycles.